The molecule has 0 unspecified atom stereocenters. The molecule has 3 aromatic carbocycles. The molecule has 0 saturated heterocycles. The van der Waals surface area contributed by atoms with Crippen molar-refractivity contribution in [2.45, 2.75) is 6.42 Å². The summed E-state index contributed by atoms with van der Waals surface area (Å²) in [6.45, 7) is 0. The van der Waals surface area contributed by atoms with Crippen molar-refractivity contribution < 1.29 is 13.9 Å². The van der Waals surface area contributed by atoms with Crippen molar-refractivity contribution in [1.29, 1.82) is 21.3 Å². The molecule has 0 amide bonds. The van der Waals surface area contributed by atoms with Gasteiger partial charge in [-0.25, -0.2) is 4.39 Å². The van der Waals surface area contributed by atoms with E-state index in [9.17, 15) is 0 Å². The fourth-order valence-corrected chi connectivity index (χ4v) is 3.10. The first-order valence-corrected chi connectivity index (χ1v) is 9.76. The fourth-order valence-electron chi connectivity index (χ4n) is 2.69. The zero-order chi connectivity index (χ0) is 23.3. The number of rotatable bonds is 5. The molecule has 0 radical (unpaired) electrons. The molecule has 158 valence electrons. The van der Waals surface area contributed by atoms with E-state index in [0.29, 0.717) is 11.1 Å². The quantitative estimate of drug-likeness (QED) is 0.342. The number of nitriles is 2. The molecule has 0 aliphatic heterocycles. The molecule has 0 aliphatic carbocycles. The average molecular weight is 467 g/mol. The molecule has 0 saturated carbocycles. The van der Waals surface area contributed by atoms with Crippen LogP contribution in [0.5, 0.6) is 11.5 Å². The van der Waals surface area contributed by atoms with E-state index < -0.39 is 5.82 Å². The van der Waals surface area contributed by atoms with Crippen LogP contribution in [0.15, 0.2) is 54.6 Å². The zero-order valence-electron chi connectivity index (χ0n) is 16.2. The predicted molar refractivity (Wildman–Crippen MR) is 118 cm³/mol. The summed E-state index contributed by atoms with van der Waals surface area (Å²) in [6.07, 6.45) is -0.267. The molecule has 9 heteroatoms. The molecule has 0 aromatic heterocycles. The summed E-state index contributed by atoms with van der Waals surface area (Å²) in [4.78, 5) is 0. The third-order valence-electron chi connectivity index (χ3n) is 4.20. The topological polar surface area (TPSA) is 114 Å². The van der Waals surface area contributed by atoms with Gasteiger partial charge in [-0.3, -0.25) is 10.8 Å². The minimum Gasteiger partial charge on any atom is -0.453 e. The molecule has 6 nitrogen and oxygen atoms in total. The Hall–Kier alpha value is -3.91. The molecule has 0 fully saturated rings. The lowest BCUT2D eigenvalue weighted by Crippen LogP contribution is -2.15. The van der Waals surface area contributed by atoms with E-state index in [-0.39, 0.29) is 50.9 Å². The second-order valence-corrected chi connectivity index (χ2v) is 7.30. The molecule has 0 heterocycles. The summed E-state index contributed by atoms with van der Waals surface area (Å²) in [7, 11) is 0. The van der Waals surface area contributed by atoms with Gasteiger partial charge in [-0.05, 0) is 48.5 Å². The maximum atomic E-state index is 15.1. The van der Waals surface area contributed by atoms with Gasteiger partial charge in [0.1, 0.15) is 5.75 Å². The van der Waals surface area contributed by atoms with Gasteiger partial charge in [-0.2, -0.15) is 10.5 Å². The van der Waals surface area contributed by atoms with Crippen LogP contribution in [0.3, 0.4) is 0 Å². The standard InChI is InChI=1S/C23H13Cl2FN4O2/c24-17-7-14(12-28)8-18(10-17)31-22-19(25)6-5-16(21(22)26)9-20(29)32-23(30)15-3-1-13(11-27)2-4-15/h1-8,10,29-30H,9H2. The molecule has 2 N–H and O–H groups in total. The van der Waals surface area contributed by atoms with Crippen molar-refractivity contribution in [3.05, 3.63) is 92.7 Å². The van der Waals surface area contributed by atoms with Gasteiger partial charge < -0.3 is 9.47 Å². The van der Waals surface area contributed by atoms with Gasteiger partial charge in [0, 0.05) is 16.1 Å². The zero-order valence-corrected chi connectivity index (χ0v) is 17.8. The van der Waals surface area contributed by atoms with Crippen molar-refractivity contribution in [1.82, 2.24) is 0 Å². The van der Waals surface area contributed by atoms with Gasteiger partial charge in [0.15, 0.2) is 17.5 Å². The van der Waals surface area contributed by atoms with Crippen LogP contribution in [0.1, 0.15) is 22.3 Å². The minimum absolute atomic E-state index is 0.0116. The molecule has 0 aliphatic rings. The Morgan fingerprint density at radius 2 is 1.62 bits per heavy atom. The van der Waals surface area contributed by atoms with E-state index in [4.69, 9.17) is 54.0 Å². The van der Waals surface area contributed by atoms with Crippen molar-refractivity contribution in [3.8, 4) is 23.6 Å². The number of hydrogen-bond acceptors (Lipinski definition) is 6. The van der Waals surface area contributed by atoms with Crippen molar-refractivity contribution >= 4 is 35.0 Å². The fraction of sp³-hybridized carbons (Fsp3) is 0.0435. The number of hydrogen-bond donors (Lipinski definition) is 2. The SMILES string of the molecule is N#Cc1ccc(C(=N)OC(=N)Cc2ccc(Cl)c(Oc3cc(Cl)cc(C#N)c3)c2F)cc1. The second kappa shape index (κ2) is 9.93. The Morgan fingerprint density at radius 3 is 2.28 bits per heavy atom. The third-order valence-corrected chi connectivity index (χ3v) is 4.72. The summed E-state index contributed by atoms with van der Waals surface area (Å²) >= 11 is 12.0. The second-order valence-electron chi connectivity index (χ2n) is 6.46. The maximum absolute atomic E-state index is 15.1. The highest BCUT2D eigenvalue weighted by Crippen LogP contribution is 2.35. The molecular weight excluding hydrogens is 454 g/mol. The molecule has 0 spiro atoms. The molecule has 3 rings (SSSR count). The van der Waals surface area contributed by atoms with Crippen LogP contribution in [0.25, 0.3) is 0 Å². The van der Waals surface area contributed by atoms with Crippen molar-refractivity contribution in [2.75, 3.05) is 0 Å². The first kappa shape index (κ1) is 22.8. The third kappa shape index (κ3) is 5.41. The highest BCUT2D eigenvalue weighted by atomic mass is 35.5. The normalized spacial score (nSPS) is 10.0. The predicted octanol–water partition coefficient (Wildman–Crippen LogP) is 6.23. The lowest BCUT2D eigenvalue weighted by atomic mass is 10.1. The summed E-state index contributed by atoms with van der Waals surface area (Å²) in [5.74, 6) is -1.66. The summed E-state index contributed by atoms with van der Waals surface area (Å²) in [6, 6.07) is 17.0. The molecule has 0 atom stereocenters. The average Bonchev–Trinajstić information content (AvgIpc) is 2.78. The van der Waals surface area contributed by atoms with E-state index in [0.717, 1.165) is 0 Å². The van der Waals surface area contributed by atoms with E-state index in [2.05, 4.69) is 0 Å². The van der Waals surface area contributed by atoms with E-state index in [1.807, 2.05) is 12.1 Å². The van der Waals surface area contributed by atoms with Gasteiger partial charge in [0.25, 0.3) is 0 Å². The van der Waals surface area contributed by atoms with E-state index in [1.165, 1.54) is 54.6 Å². The van der Waals surface area contributed by atoms with E-state index in [1.54, 1.807) is 0 Å². The van der Waals surface area contributed by atoms with Crippen molar-refractivity contribution in [3.63, 3.8) is 0 Å². The van der Waals surface area contributed by atoms with Gasteiger partial charge in [-0.15, -0.1) is 0 Å². The smallest absolute Gasteiger partial charge is 0.220 e. The van der Waals surface area contributed by atoms with Crippen LogP contribution in [0.2, 0.25) is 10.0 Å². The van der Waals surface area contributed by atoms with Crippen LogP contribution in [-0.2, 0) is 11.2 Å². The lowest BCUT2D eigenvalue weighted by Gasteiger charge is -2.13. The van der Waals surface area contributed by atoms with Crippen LogP contribution in [-0.4, -0.2) is 11.8 Å². The van der Waals surface area contributed by atoms with Crippen LogP contribution < -0.4 is 4.74 Å². The highest BCUT2D eigenvalue weighted by molar-refractivity contribution is 6.32. The number of nitrogens with one attached hydrogen (secondary N) is 2. The Morgan fingerprint density at radius 1 is 0.938 bits per heavy atom. The highest BCUT2D eigenvalue weighted by Gasteiger charge is 2.18. The molecule has 0 bridgehead atoms. The molecule has 3 aromatic rings. The Balaban J connectivity index is 1.77. The largest absolute Gasteiger partial charge is 0.453 e. The Kier molecular flexibility index (Phi) is 7.07. The summed E-state index contributed by atoms with van der Waals surface area (Å²) < 4.78 is 25.8. The minimum atomic E-state index is -0.811. The first-order valence-electron chi connectivity index (χ1n) is 9.00. The molecule has 32 heavy (non-hydrogen) atoms. The lowest BCUT2D eigenvalue weighted by molar-refractivity contribution is 0.438. The van der Waals surface area contributed by atoms with Gasteiger partial charge >= 0.3 is 0 Å². The number of benzene rings is 3. The molecular formula is C23H13Cl2FN4O2. The number of ether oxygens (including phenoxy) is 2. The van der Waals surface area contributed by atoms with Crippen LogP contribution in [0.4, 0.5) is 4.39 Å². The van der Waals surface area contributed by atoms with Crippen molar-refractivity contribution in [2.24, 2.45) is 0 Å². The number of nitrogens with zero attached hydrogens (tertiary/aromatic N) is 2. The number of halogens is 3. The van der Waals surface area contributed by atoms with Crippen LogP contribution >= 0.6 is 23.2 Å². The maximum Gasteiger partial charge on any atom is 0.220 e. The Labute approximate surface area is 193 Å². The van der Waals surface area contributed by atoms with Gasteiger partial charge in [0.2, 0.25) is 5.90 Å². The van der Waals surface area contributed by atoms with E-state index >= 15 is 4.39 Å². The monoisotopic (exact) mass is 466 g/mol. The first-order chi connectivity index (χ1) is 15.3. The summed E-state index contributed by atoms with van der Waals surface area (Å²) in [5.41, 5.74) is 1.08. The van der Waals surface area contributed by atoms with Gasteiger partial charge in [0.05, 0.1) is 34.7 Å². The summed E-state index contributed by atoms with van der Waals surface area (Å²) in [5, 5.41) is 34.1. The van der Waals surface area contributed by atoms with Gasteiger partial charge in [-0.1, -0.05) is 29.3 Å². The Bertz CT molecular complexity index is 1300. The van der Waals surface area contributed by atoms with Crippen LogP contribution in [0, 0.1) is 39.3 Å².